The molecule has 1 aromatic carbocycles. The van der Waals surface area contributed by atoms with Crippen LogP contribution in [0.2, 0.25) is 0 Å². The number of hydrogen-bond donors (Lipinski definition) is 1. The highest BCUT2D eigenvalue weighted by Crippen LogP contribution is 2.20. The zero-order chi connectivity index (χ0) is 15.0. The van der Waals surface area contributed by atoms with Crippen molar-refractivity contribution in [1.82, 2.24) is 10.2 Å². The standard InChI is InChI=1S/C15H24F2N2O/c1-4-19(5-2)10-9-18-12(3)13-7-6-8-14(11-13)20-15(16)17/h6-8,11-12,15,18H,4-5,9-10H2,1-3H3. The fourth-order valence-electron chi connectivity index (χ4n) is 2.06. The monoisotopic (exact) mass is 286 g/mol. The smallest absolute Gasteiger partial charge is 0.387 e. The number of ether oxygens (including phenoxy) is 1. The Bertz CT molecular complexity index is 384. The van der Waals surface area contributed by atoms with Gasteiger partial charge in [-0.3, -0.25) is 0 Å². The van der Waals surface area contributed by atoms with E-state index >= 15 is 0 Å². The minimum Gasteiger partial charge on any atom is -0.435 e. The number of hydrogen-bond acceptors (Lipinski definition) is 3. The molecule has 0 saturated carbocycles. The molecule has 1 unspecified atom stereocenters. The van der Waals surface area contributed by atoms with Crippen LogP contribution in [0.25, 0.3) is 0 Å². The number of nitrogens with one attached hydrogen (secondary N) is 1. The molecular formula is C15H24F2N2O. The molecule has 0 amide bonds. The molecule has 0 heterocycles. The van der Waals surface area contributed by atoms with Gasteiger partial charge in [0.15, 0.2) is 0 Å². The highest BCUT2D eigenvalue weighted by Gasteiger charge is 2.09. The number of likely N-dealkylation sites (N-methyl/N-ethyl adjacent to an activating group) is 1. The normalized spacial score (nSPS) is 12.9. The van der Waals surface area contributed by atoms with Gasteiger partial charge in [0.05, 0.1) is 0 Å². The molecule has 1 aromatic rings. The lowest BCUT2D eigenvalue weighted by Gasteiger charge is -2.21. The molecule has 0 aliphatic rings. The number of halogens is 2. The van der Waals surface area contributed by atoms with Crippen LogP contribution in [0, 0.1) is 0 Å². The van der Waals surface area contributed by atoms with Gasteiger partial charge in [0.25, 0.3) is 0 Å². The number of rotatable bonds is 9. The molecule has 3 nitrogen and oxygen atoms in total. The van der Waals surface area contributed by atoms with E-state index in [1.54, 1.807) is 12.1 Å². The largest absolute Gasteiger partial charge is 0.435 e. The molecule has 0 radical (unpaired) electrons. The van der Waals surface area contributed by atoms with E-state index in [1.807, 2.05) is 13.0 Å². The Balaban J connectivity index is 2.48. The Hall–Kier alpha value is -1.20. The third-order valence-corrected chi connectivity index (χ3v) is 3.36. The minimum absolute atomic E-state index is 0.104. The lowest BCUT2D eigenvalue weighted by atomic mass is 10.1. The Labute approximate surface area is 119 Å². The van der Waals surface area contributed by atoms with Crippen molar-refractivity contribution in [1.29, 1.82) is 0 Å². The van der Waals surface area contributed by atoms with Crippen LogP contribution in [-0.2, 0) is 0 Å². The molecule has 0 fully saturated rings. The lowest BCUT2D eigenvalue weighted by molar-refractivity contribution is -0.0499. The number of benzene rings is 1. The van der Waals surface area contributed by atoms with Crippen molar-refractivity contribution in [3.05, 3.63) is 29.8 Å². The van der Waals surface area contributed by atoms with E-state index in [2.05, 4.69) is 28.8 Å². The summed E-state index contributed by atoms with van der Waals surface area (Å²) in [5.74, 6) is 0.204. The number of alkyl halides is 2. The van der Waals surface area contributed by atoms with Gasteiger partial charge in [0.1, 0.15) is 5.75 Å². The summed E-state index contributed by atoms with van der Waals surface area (Å²) in [6.07, 6.45) is 0. The molecule has 20 heavy (non-hydrogen) atoms. The van der Waals surface area contributed by atoms with Crippen LogP contribution in [0.4, 0.5) is 8.78 Å². The first kappa shape index (κ1) is 16.9. The second-order valence-corrected chi connectivity index (χ2v) is 4.65. The summed E-state index contributed by atoms with van der Waals surface area (Å²) in [6, 6.07) is 6.94. The van der Waals surface area contributed by atoms with Gasteiger partial charge in [-0.25, -0.2) is 0 Å². The quantitative estimate of drug-likeness (QED) is 0.754. The van der Waals surface area contributed by atoms with Crippen LogP contribution < -0.4 is 10.1 Å². The van der Waals surface area contributed by atoms with E-state index < -0.39 is 6.61 Å². The second kappa shape index (κ2) is 8.87. The fraction of sp³-hybridized carbons (Fsp3) is 0.600. The molecule has 5 heteroatoms. The van der Waals surface area contributed by atoms with Gasteiger partial charge in [-0.15, -0.1) is 0 Å². The summed E-state index contributed by atoms with van der Waals surface area (Å²) >= 11 is 0. The van der Waals surface area contributed by atoms with E-state index in [1.165, 1.54) is 6.07 Å². The van der Waals surface area contributed by atoms with Gasteiger partial charge in [0, 0.05) is 19.1 Å². The molecule has 0 aliphatic heterocycles. The van der Waals surface area contributed by atoms with Crippen molar-refractivity contribution >= 4 is 0 Å². The second-order valence-electron chi connectivity index (χ2n) is 4.65. The van der Waals surface area contributed by atoms with Gasteiger partial charge in [-0.1, -0.05) is 26.0 Å². The van der Waals surface area contributed by atoms with E-state index in [9.17, 15) is 8.78 Å². The molecule has 0 aliphatic carbocycles. The van der Waals surface area contributed by atoms with Gasteiger partial charge in [-0.2, -0.15) is 8.78 Å². The predicted molar refractivity (Wildman–Crippen MR) is 77.3 cm³/mol. The van der Waals surface area contributed by atoms with Crippen molar-refractivity contribution in [2.24, 2.45) is 0 Å². The molecule has 1 rings (SSSR count). The van der Waals surface area contributed by atoms with Gasteiger partial charge < -0.3 is 15.0 Å². The van der Waals surface area contributed by atoms with Crippen LogP contribution in [-0.4, -0.2) is 37.7 Å². The maximum Gasteiger partial charge on any atom is 0.387 e. The van der Waals surface area contributed by atoms with E-state index in [4.69, 9.17) is 0 Å². The van der Waals surface area contributed by atoms with Crippen molar-refractivity contribution in [3.8, 4) is 5.75 Å². The Morgan fingerprint density at radius 2 is 1.95 bits per heavy atom. The van der Waals surface area contributed by atoms with Crippen LogP contribution >= 0.6 is 0 Å². The van der Waals surface area contributed by atoms with Crippen molar-refractivity contribution in [3.63, 3.8) is 0 Å². The first-order chi connectivity index (χ1) is 9.56. The fourth-order valence-corrected chi connectivity index (χ4v) is 2.06. The Morgan fingerprint density at radius 1 is 1.25 bits per heavy atom. The van der Waals surface area contributed by atoms with Crippen LogP contribution in [0.3, 0.4) is 0 Å². The predicted octanol–water partition coefficient (Wildman–Crippen LogP) is 3.28. The van der Waals surface area contributed by atoms with E-state index in [0.717, 1.165) is 31.7 Å². The first-order valence-electron chi connectivity index (χ1n) is 7.07. The van der Waals surface area contributed by atoms with Gasteiger partial charge >= 0.3 is 6.61 Å². The van der Waals surface area contributed by atoms with Crippen molar-refractivity contribution < 1.29 is 13.5 Å². The SMILES string of the molecule is CCN(CC)CCNC(C)c1cccc(OC(F)F)c1. The van der Waals surface area contributed by atoms with Crippen LogP contribution in [0.5, 0.6) is 5.75 Å². The third kappa shape index (κ3) is 5.84. The van der Waals surface area contributed by atoms with E-state index in [-0.39, 0.29) is 11.8 Å². The Morgan fingerprint density at radius 3 is 2.55 bits per heavy atom. The first-order valence-corrected chi connectivity index (χ1v) is 7.07. The van der Waals surface area contributed by atoms with Gasteiger partial charge in [-0.05, 0) is 37.7 Å². The maximum atomic E-state index is 12.2. The average molecular weight is 286 g/mol. The van der Waals surface area contributed by atoms with Crippen LogP contribution in [0.15, 0.2) is 24.3 Å². The molecular weight excluding hydrogens is 262 g/mol. The summed E-state index contributed by atoms with van der Waals surface area (Å²) in [4.78, 5) is 2.33. The summed E-state index contributed by atoms with van der Waals surface area (Å²) in [7, 11) is 0. The molecule has 0 spiro atoms. The molecule has 1 N–H and O–H groups in total. The lowest BCUT2D eigenvalue weighted by Crippen LogP contribution is -2.33. The summed E-state index contributed by atoms with van der Waals surface area (Å²) in [5.41, 5.74) is 0.947. The molecule has 0 aromatic heterocycles. The minimum atomic E-state index is -2.78. The summed E-state index contributed by atoms with van der Waals surface area (Å²) in [6.45, 7) is 7.41. The summed E-state index contributed by atoms with van der Waals surface area (Å²) < 4.78 is 28.8. The maximum absolute atomic E-state index is 12.2. The topological polar surface area (TPSA) is 24.5 Å². The van der Waals surface area contributed by atoms with Crippen molar-refractivity contribution in [2.45, 2.75) is 33.4 Å². The molecule has 1 atom stereocenters. The highest BCUT2D eigenvalue weighted by atomic mass is 19.3. The molecule has 0 bridgehead atoms. The average Bonchev–Trinajstić information content (AvgIpc) is 2.43. The zero-order valence-electron chi connectivity index (χ0n) is 12.4. The third-order valence-electron chi connectivity index (χ3n) is 3.36. The van der Waals surface area contributed by atoms with Crippen molar-refractivity contribution in [2.75, 3.05) is 26.2 Å². The number of nitrogens with zero attached hydrogens (tertiary/aromatic N) is 1. The highest BCUT2D eigenvalue weighted by molar-refractivity contribution is 5.30. The Kier molecular flexibility index (Phi) is 7.47. The molecule has 0 saturated heterocycles. The van der Waals surface area contributed by atoms with Crippen LogP contribution in [0.1, 0.15) is 32.4 Å². The molecule has 114 valence electrons. The van der Waals surface area contributed by atoms with Gasteiger partial charge in [0.2, 0.25) is 0 Å². The van der Waals surface area contributed by atoms with E-state index in [0.29, 0.717) is 0 Å². The zero-order valence-corrected chi connectivity index (χ0v) is 12.4. The summed E-state index contributed by atoms with van der Waals surface area (Å²) in [5, 5.41) is 3.39.